The third-order valence-electron chi connectivity index (χ3n) is 6.33. The Bertz CT molecular complexity index is 1400. The van der Waals surface area contributed by atoms with Crippen molar-refractivity contribution in [1.29, 1.82) is 0 Å². The minimum Gasteiger partial charge on any atom is -0.460 e. The number of carbonyl (C=O) groups excluding carboxylic acids is 2. The summed E-state index contributed by atoms with van der Waals surface area (Å²) in [5, 5.41) is 0.363. The van der Waals surface area contributed by atoms with Crippen LogP contribution in [0.5, 0.6) is 0 Å². The number of allylic oxidation sites excluding steroid dienone is 2. The highest BCUT2D eigenvalue weighted by molar-refractivity contribution is 6.34. The third kappa shape index (κ3) is 6.66. The lowest BCUT2D eigenvalue weighted by Gasteiger charge is -2.19. The van der Waals surface area contributed by atoms with E-state index in [1.807, 2.05) is 52.0 Å². The number of ether oxygens (including phenoxy) is 1. The van der Waals surface area contributed by atoms with Gasteiger partial charge in [-0.05, 0) is 110 Å². The van der Waals surface area contributed by atoms with Crippen molar-refractivity contribution in [3.63, 3.8) is 0 Å². The van der Waals surface area contributed by atoms with Crippen molar-refractivity contribution in [3.8, 4) is 0 Å². The van der Waals surface area contributed by atoms with Crippen molar-refractivity contribution >= 4 is 40.2 Å². The maximum absolute atomic E-state index is 13.6. The molecule has 37 heavy (non-hydrogen) atoms. The van der Waals surface area contributed by atoms with Gasteiger partial charge in [0.25, 0.3) is 0 Å². The first-order valence-electron chi connectivity index (χ1n) is 12.3. The molecule has 192 valence electrons. The molecule has 0 saturated carbocycles. The van der Waals surface area contributed by atoms with Crippen LogP contribution in [0, 0.1) is 12.7 Å². The Balaban J connectivity index is 1.49. The zero-order valence-corrected chi connectivity index (χ0v) is 22.3. The van der Waals surface area contributed by atoms with Crippen LogP contribution in [0.2, 0.25) is 5.02 Å². The SMILES string of the molecule is Cc1cc(C2=C(c3cccc(F)c3)C2)cc(N)c1CC(=O)c1cc(CCC(=O)OC(C)(C)C)ccc1Cl. The molecule has 0 fully saturated rings. The highest BCUT2D eigenvalue weighted by Crippen LogP contribution is 2.47. The van der Waals surface area contributed by atoms with Gasteiger partial charge < -0.3 is 10.5 Å². The van der Waals surface area contributed by atoms with Crippen LogP contribution in [0.4, 0.5) is 10.1 Å². The van der Waals surface area contributed by atoms with Gasteiger partial charge in [-0.15, -0.1) is 0 Å². The van der Waals surface area contributed by atoms with E-state index in [-0.39, 0.29) is 30.4 Å². The first-order valence-corrected chi connectivity index (χ1v) is 12.7. The molecule has 0 aliphatic heterocycles. The van der Waals surface area contributed by atoms with Crippen LogP contribution in [0.1, 0.15) is 71.8 Å². The van der Waals surface area contributed by atoms with Gasteiger partial charge in [0.15, 0.2) is 5.78 Å². The number of halogens is 2. The van der Waals surface area contributed by atoms with Gasteiger partial charge >= 0.3 is 5.97 Å². The highest BCUT2D eigenvalue weighted by atomic mass is 35.5. The number of nitrogen functional groups attached to an aromatic ring is 1. The molecule has 0 bridgehead atoms. The Hall–Kier alpha value is -3.44. The molecule has 0 radical (unpaired) electrons. The molecule has 0 saturated heterocycles. The van der Waals surface area contributed by atoms with Crippen LogP contribution in [-0.4, -0.2) is 17.4 Å². The minimum absolute atomic E-state index is 0.114. The van der Waals surface area contributed by atoms with E-state index in [1.165, 1.54) is 12.1 Å². The molecule has 1 aliphatic carbocycles. The normalized spacial score (nSPS) is 13.0. The van der Waals surface area contributed by atoms with Crippen LogP contribution in [0.15, 0.2) is 54.6 Å². The fraction of sp³-hybridized carbons (Fsp3) is 0.290. The second-order valence-electron chi connectivity index (χ2n) is 10.5. The first kappa shape index (κ1) is 26.6. The number of aryl methyl sites for hydroxylation is 2. The number of benzene rings is 3. The largest absolute Gasteiger partial charge is 0.460 e. The Morgan fingerprint density at radius 2 is 1.76 bits per heavy atom. The van der Waals surface area contributed by atoms with Gasteiger partial charge in [-0.1, -0.05) is 35.9 Å². The number of rotatable bonds is 8. The third-order valence-corrected chi connectivity index (χ3v) is 6.66. The number of anilines is 1. The van der Waals surface area contributed by atoms with Gasteiger partial charge in [-0.25, -0.2) is 4.39 Å². The van der Waals surface area contributed by atoms with E-state index in [0.29, 0.717) is 22.7 Å². The van der Waals surface area contributed by atoms with E-state index in [4.69, 9.17) is 22.1 Å². The molecule has 0 unspecified atom stereocenters. The first-order chi connectivity index (χ1) is 17.4. The van der Waals surface area contributed by atoms with Crippen LogP contribution < -0.4 is 5.73 Å². The summed E-state index contributed by atoms with van der Waals surface area (Å²) in [5.74, 6) is -0.684. The van der Waals surface area contributed by atoms with E-state index < -0.39 is 5.60 Å². The molecule has 0 amide bonds. The molecule has 4 nitrogen and oxygen atoms in total. The van der Waals surface area contributed by atoms with Crippen molar-refractivity contribution in [1.82, 2.24) is 0 Å². The summed E-state index contributed by atoms with van der Waals surface area (Å²) < 4.78 is 19.0. The summed E-state index contributed by atoms with van der Waals surface area (Å²) in [4.78, 5) is 25.3. The van der Waals surface area contributed by atoms with Crippen molar-refractivity contribution in [2.24, 2.45) is 0 Å². The second-order valence-corrected chi connectivity index (χ2v) is 10.9. The monoisotopic (exact) mass is 519 g/mol. The van der Waals surface area contributed by atoms with Crippen LogP contribution in [0.3, 0.4) is 0 Å². The number of hydrogen-bond donors (Lipinski definition) is 1. The summed E-state index contributed by atoms with van der Waals surface area (Å²) in [5.41, 5.74) is 13.4. The summed E-state index contributed by atoms with van der Waals surface area (Å²) in [6, 6.07) is 15.7. The maximum Gasteiger partial charge on any atom is 0.306 e. The van der Waals surface area contributed by atoms with Crippen molar-refractivity contribution in [2.75, 3.05) is 5.73 Å². The fourth-order valence-corrected chi connectivity index (χ4v) is 4.68. The van der Waals surface area contributed by atoms with Crippen LogP contribution >= 0.6 is 11.6 Å². The topological polar surface area (TPSA) is 69.4 Å². The maximum atomic E-state index is 13.6. The van der Waals surface area contributed by atoms with Gasteiger partial charge in [0.1, 0.15) is 11.4 Å². The van der Waals surface area contributed by atoms with Gasteiger partial charge in [-0.2, -0.15) is 0 Å². The van der Waals surface area contributed by atoms with E-state index in [1.54, 1.807) is 18.2 Å². The molecular formula is C31H31ClFNO3. The standard InChI is InChI=1S/C31H31ClFNO3/c1-18-12-21(25-16-24(25)20-6-5-7-22(33)14-20)15-28(34)23(18)17-29(35)26-13-19(8-10-27(26)32)9-11-30(36)37-31(2,3)4/h5-8,10,12-15H,9,11,16-17,34H2,1-4H3. The summed E-state index contributed by atoms with van der Waals surface area (Å²) in [6.07, 6.45) is 1.56. The quantitative estimate of drug-likeness (QED) is 0.191. The van der Waals surface area contributed by atoms with E-state index >= 15 is 0 Å². The molecule has 0 heterocycles. The average Bonchev–Trinajstić information content (AvgIpc) is 3.61. The Morgan fingerprint density at radius 3 is 2.43 bits per heavy atom. The zero-order chi connectivity index (χ0) is 26.9. The summed E-state index contributed by atoms with van der Waals surface area (Å²) in [7, 11) is 0. The summed E-state index contributed by atoms with van der Waals surface area (Å²) in [6.45, 7) is 7.42. The highest BCUT2D eigenvalue weighted by Gasteiger charge is 2.26. The molecule has 4 rings (SSSR count). The Labute approximate surface area is 222 Å². The lowest BCUT2D eigenvalue weighted by molar-refractivity contribution is -0.154. The predicted octanol–water partition coefficient (Wildman–Crippen LogP) is 7.38. The van der Waals surface area contributed by atoms with Crippen LogP contribution in [-0.2, 0) is 22.4 Å². The second kappa shape index (κ2) is 10.5. The van der Waals surface area contributed by atoms with Gasteiger partial charge in [0, 0.05) is 24.1 Å². The van der Waals surface area contributed by atoms with E-state index in [2.05, 4.69) is 0 Å². The number of nitrogens with two attached hydrogens (primary N) is 1. The van der Waals surface area contributed by atoms with Gasteiger partial charge in [-0.3, -0.25) is 9.59 Å². The molecule has 6 heteroatoms. The van der Waals surface area contributed by atoms with Crippen molar-refractivity contribution < 1.29 is 18.7 Å². The minimum atomic E-state index is -0.539. The molecule has 0 aromatic heterocycles. The number of Topliss-reactive ketones (excluding diaryl/α,β-unsaturated/α-hetero) is 1. The van der Waals surface area contributed by atoms with Gasteiger partial charge in [0.2, 0.25) is 0 Å². The van der Waals surface area contributed by atoms with Crippen molar-refractivity contribution in [3.05, 3.63) is 98.8 Å². The number of ketones is 1. The molecule has 3 aromatic rings. The molecule has 2 N–H and O–H groups in total. The predicted molar refractivity (Wildman–Crippen MR) is 147 cm³/mol. The number of esters is 1. The number of carbonyl (C=O) groups is 2. The summed E-state index contributed by atoms with van der Waals surface area (Å²) >= 11 is 6.37. The molecular weight excluding hydrogens is 489 g/mol. The Kier molecular flexibility index (Phi) is 7.56. The molecule has 1 aliphatic rings. The lowest BCUT2D eigenvalue weighted by Crippen LogP contribution is -2.24. The zero-order valence-electron chi connectivity index (χ0n) is 21.6. The molecule has 3 aromatic carbocycles. The molecule has 0 atom stereocenters. The van der Waals surface area contributed by atoms with Gasteiger partial charge in [0.05, 0.1) is 5.02 Å². The number of hydrogen-bond acceptors (Lipinski definition) is 4. The van der Waals surface area contributed by atoms with E-state index in [9.17, 15) is 14.0 Å². The van der Waals surface area contributed by atoms with Crippen LogP contribution in [0.25, 0.3) is 11.1 Å². The smallest absolute Gasteiger partial charge is 0.306 e. The van der Waals surface area contributed by atoms with Crippen molar-refractivity contribution in [2.45, 2.75) is 59.0 Å². The fourth-order valence-electron chi connectivity index (χ4n) is 4.46. The average molecular weight is 520 g/mol. The van der Waals surface area contributed by atoms with E-state index in [0.717, 1.165) is 45.4 Å². The Morgan fingerprint density at radius 1 is 1.03 bits per heavy atom. The molecule has 0 spiro atoms. The lowest BCUT2D eigenvalue weighted by atomic mass is 9.94.